The van der Waals surface area contributed by atoms with Crippen LogP contribution in [0.15, 0.2) is 16.7 Å². The largest absolute Gasteiger partial charge is 0.481 e. The average molecular weight is 292 g/mol. The number of aliphatic carboxylic acids is 1. The Balaban J connectivity index is 2.36. The zero-order chi connectivity index (χ0) is 15.6. The van der Waals surface area contributed by atoms with Gasteiger partial charge in [-0.15, -0.1) is 5.10 Å². The molecule has 2 heterocycles. The Hall–Kier alpha value is -2.18. The summed E-state index contributed by atoms with van der Waals surface area (Å²) in [6.07, 6.45) is 2.22. The van der Waals surface area contributed by atoms with E-state index in [0.717, 1.165) is 11.3 Å². The van der Waals surface area contributed by atoms with Gasteiger partial charge in [0.15, 0.2) is 5.82 Å². The molecule has 0 amide bonds. The fourth-order valence-electron chi connectivity index (χ4n) is 2.34. The van der Waals surface area contributed by atoms with Crippen LogP contribution in [0.1, 0.15) is 45.4 Å². The van der Waals surface area contributed by atoms with Crippen LogP contribution in [0, 0.1) is 12.3 Å². The number of hydrogen-bond acceptors (Lipinski definition) is 5. The highest BCUT2D eigenvalue weighted by molar-refractivity contribution is 5.67. The van der Waals surface area contributed by atoms with Gasteiger partial charge in [-0.1, -0.05) is 20.8 Å². The van der Waals surface area contributed by atoms with Gasteiger partial charge in [0.25, 0.3) is 0 Å². The van der Waals surface area contributed by atoms with Crippen molar-refractivity contribution in [3.8, 4) is 11.4 Å². The van der Waals surface area contributed by atoms with Crippen molar-refractivity contribution in [3.05, 3.63) is 18.1 Å². The van der Waals surface area contributed by atoms with E-state index in [4.69, 9.17) is 9.52 Å². The van der Waals surface area contributed by atoms with E-state index in [1.54, 1.807) is 10.9 Å². The minimum absolute atomic E-state index is 0.0217. The lowest BCUT2D eigenvalue weighted by Crippen LogP contribution is -2.22. The van der Waals surface area contributed by atoms with E-state index in [0.29, 0.717) is 12.2 Å². The second kappa shape index (κ2) is 5.67. The first-order chi connectivity index (χ1) is 9.76. The Labute approximate surface area is 123 Å². The van der Waals surface area contributed by atoms with Gasteiger partial charge in [0.2, 0.25) is 0 Å². The molecule has 0 saturated heterocycles. The SMILES string of the molecule is Cc1cc(-c2nnnn2C(CC(=O)O)CC(C)(C)C)co1. The molecule has 0 aromatic carbocycles. The summed E-state index contributed by atoms with van der Waals surface area (Å²) in [5, 5.41) is 20.8. The zero-order valence-electron chi connectivity index (χ0n) is 12.7. The second-order valence-electron chi connectivity index (χ2n) is 6.41. The highest BCUT2D eigenvalue weighted by atomic mass is 16.4. The van der Waals surface area contributed by atoms with Crippen LogP contribution >= 0.6 is 0 Å². The van der Waals surface area contributed by atoms with Crippen molar-refractivity contribution >= 4 is 5.97 Å². The monoisotopic (exact) mass is 292 g/mol. The molecule has 0 spiro atoms. The number of carboxylic acids is 1. The summed E-state index contributed by atoms with van der Waals surface area (Å²) < 4.78 is 6.87. The van der Waals surface area contributed by atoms with Gasteiger partial charge < -0.3 is 9.52 Å². The van der Waals surface area contributed by atoms with E-state index in [1.165, 1.54) is 0 Å². The second-order valence-corrected chi connectivity index (χ2v) is 6.41. The van der Waals surface area contributed by atoms with Gasteiger partial charge in [0.05, 0.1) is 18.0 Å². The molecule has 0 saturated carbocycles. The molecular weight excluding hydrogens is 272 g/mol. The first-order valence-electron chi connectivity index (χ1n) is 6.81. The lowest BCUT2D eigenvalue weighted by Gasteiger charge is -2.25. The maximum absolute atomic E-state index is 11.1. The fraction of sp³-hybridized carbons (Fsp3) is 0.571. The van der Waals surface area contributed by atoms with Crippen LogP contribution < -0.4 is 0 Å². The topological polar surface area (TPSA) is 94.0 Å². The van der Waals surface area contributed by atoms with Crippen LogP contribution in [-0.2, 0) is 4.79 Å². The van der Waals surface area contributed by atoms with Gasteiger partial charge in [-0.05, 0) is 35.3 Å². The number of nitrogens with zero attached hydrogens (tertiary/aromatic N) is 4. The number of furan rings is 1. The van der Waals surface area contributed by atoms with E-state index in [2.05, 4.69) is 36.3 Å². The summed E-state index contributed by atoms with van der Waals surface area (Å²) >= 11 is 0. The lowest BCUT2D eigenvalue weighted by atomic mass is 9.87. The average Bonchev–Trinajstić information content (AvgIpc) is 2.93. The minimum Gasteiger partial charge on any atom is -0.481 e. The van der Waals surface area contributed by atoms with Gasteiger partial charge in [-0.25, -0.2) is 4.68 Å². The molecule has 2 aromatic heterocycles. The van der Waals surface area contributed by atoms with Gasteiger partial charge in [0, 0.05) is 0 Å². The molecule has 0 aliphatic heterocycles. The molecule has 1 unspecified atom stereocenters. The fourth-order valence-corrected chi connectivity index (χ4v) is 2.34. The number of carbonyl (C=O) groups is 1. The standard InChI is InChI=1S/C14H20N4O3/c1-9-5-10(8-21-9)13-15-16-17-18(13)11(6-12(19)20)7-14(2,3)4/h5,8,11H,6-7H2,1-4H3,(H,19,20). The Bertz CT molecular complexity index is 624. The van der Waals surface area contributed by atoms with Crippen LogP contribution in [0.2, 0.25) is 0 Å². The lowest BCUT2D eigenvalue weighted by molar-refractivity contribution is -0.138. The van der Waals surface area contributed by atoms with Gasteiger partial charge >= 0.3 is 5.97 Å². The summed E-state index contributed by atoms with van der Waals surface area (Å²) in [7, 11) is 0. The third kappa shape index (κ3) is 3.90. The molecule has 0 fully saturated rings. The number of hydrogen-bond donors (Lipinski definition) is 1. The molecule has 21 heavy (non-hydrogen) atoms. The molecule has 2 aromatic rings. The number of tetrazole rings is 1. The highest BCUT2D eigenvalue weighted by Crippen LogP contribution is 2.32. The molecule has 1 N–H and O–H groups in total. The van der Waals surface area contributed by atoms with Crippen molar-refractivity contribution in [3.63, 3.8) is 0 Å². The van der Waals surface area contributed by atoms with Crippen molar-refractivity contribution in [2.75, 3.05) is 0 Å². The Morgan fingerprint density at radius 3 is 2.71 bits per heavy atom. The van der Waals surface area contributed by atoms with E-state index < -0.39 is 5.97 Å². The summed E-state index contributed by atoms with van der Waals surface area (Å²) in [6, 6.07) is 1.53. The van der Waals surface area contributed by atoms with Crippen LogP contribution in [0.3, 0.4) is 0 Å². The van der Waals surface area contributed by atoms with Crippen molar-refractivity contribution in [2.24, 2.45) is 5.41 Å². The molecular formula is C14H20N4O3. The molecule has 1 atom stereocenters. The van der Waals surface area contributed by atoms with E-state index in [1.807, 2.05) is 13.0 Å². The van der Waals surface area contributed by atoms with E-state index in [9.17, 15) is 4.79 Å². The van der Waals surface area contributed by atoms with E-state index >= 15 is 0 Å². The number of aryl methyl sites for hydroxylation is 1. The first-order valence-corrected chi connectivity index (χ1v) is 6.81. The first kappa shape index (κ1) is 15.2. The maximum atomic E-state index is 11.1. The van der Waals surface area contributed by atoms with Gasteiger partial charge in [-0.3, -0.25) is 4.79 Å². The van der Waals surface area contributed by atoms with E-state index in [-0.39, 0.29) is 17.9 Å². The molecule has 2 rings (SSSR count). The van der Waals surface area contributed by atoms with Crippen molar-refractivity contribution < 1.29 is 14.3 Å². The predicted octanol–water partition coefficient (Wildman–Crippen LogP) is 2.69. The maximum Gasteiger partial charge on any atom is 0.305 e. The zero-order valence-corrected chi connectivity index (χ0v) is 12.7. The molecule has 0 bridgehead atoms. The van der Waals surface area contributed by atoms with Crippen molar-refractivity contribution in [2.45, 2.75) is 46.6 Å². The third-order valence-corrected chi connectivity index (χ3v) is 3.09. The third-order valence-electron chi connectivity index (χ3n) is 3.09. The molecule has 7 nitrogen and oxygen atoms in total. The van der Waals surface area contributed by atoms with Gasteiger partial charge in [0.1, 0.15) is 12.0 Å². The number of aromatic nitrogens is 4. The molecule has 0 aliphatic rings. The molecule has 114 valence electrons. The minimum atomic E-state index is -0.867. The predicted molar refractivity (Wildman–Crippen MR) is 75.6 cm³/mol. The van der Waals surface area contributed by atoms with Crippen LogP contribution in [0.5, 0.6) is 0 Å². The van der Waals surface area contributed by atoms with Crippen molar-refractivity contribution in [1.29, 1.82) is 0 Å². The van der Waals surface area contributed by atoms with Crippen molar-refractivity contribution in [1.82, 2.24) is 20.2 Å². The van der Waals surface area contributed by atoms with Gasteiger partial charge in [-0.2, -0.15) is 0 Å². The Morgan fingerprint density at radius 1 is 1.48 bits per heavy atom. The summed E-state index contributed by atoms with van der Waals surface area (Å²) in [5.74, 6) is 0.418. The summed E-state index contributed by atoms with van der Waals surface area (Å²) in [4.78, 5) is 11.1. The van der Waals surface area contributed by atoms with Crippen LogP contribution in [0.4, 0.5) is 0 Å². The quantitative estimate of drug-likeness (QED) is 0.910. The number of rotatable bonds is 5. The molecule has 0 aliphatic carbocycles. The molecule has 0 radical (unpaired) electrons. The molecule has 7 heteroatoms. The Morgan fingerprint density at radius 2 is 2.19 bits per heavy atom. The summed E-state index contributed by atoms with van der Waals surface area (Å²) in [5.41, 5.74) is 0.720. The van der Waals surface area contributed by atoms with Crippen LogP contribution in [-0.4, -0.2) is 31.3 Å². The highest BCUT2D eigenvalue weighted by Gasteiger charge is 2.26. The normalized spacial score (nSPS) is 13.3. The van der Waals surface area contributed by atoms with Crippen LogP contribution in [0.25, 0.3) is 11.4 Å². The summed E-state index contributed by atoms with van der Waals surface area (Å²) in [6.45, 7) is 8.02. The smallest absolute Gasteiger partial charge is 0.305 e. The Kier molecular flexibility index (Phi) is 4.11. The number of carboxylic acid groups (broad SMARTS) is 1.